The van der Waals surface area contributed by atoms with Crippen molar-refractivity contribution >= 4 is 5.78 Å². The van der Waals surface area contributed by atoms with Crippen LogP contribution in [0.25, 0.3) is 11.1 Å². The molecule has 0 aliphatic heterocycles. The number of hydrogen-bond donors (Lipinski definition) is 0. The first-order valence-electron chi connectivity index (χ1n) is 7.13. The maximum Gasteiger partial charge on any atom is 0.193 e. The van der Waals surface area contributed by atoms with Gasteiger partial charge in [-0.25, -0.2) is 0 Å². The lowest BCUT2D eigenvalue weighted by Gasteiger charge is -2.09. The number of carbonyl (C=O) groups is 1. The lowest BCUT2D eigenvalue weighted by atomic mass is 9.99. The Morgan fingerprint density at radius 2 is 1.32 bits per heavy atom. The van der Waals surface area contributed by atoms with E-state index in [0.29, 0.717) is 11.1 Å². The lowest BCUT2D eigenvalue weighted by Crippen LogP contribution is -2.00. The van der Waals surface area contributed by atoms with Gasteiger partial charge in [0.1, 0.15) is 5.75 Å². The van der Waals surface area contributed by atoms with Crippen LogP contribution in [-0.2, 0) is 0 Å². The summed E-state index contributed by atoms with van der Waals surface area (Å²) in [7, 11) is 1.66. The summed E-state index contributed by atoms with van der Waals surface area (Å²) in [6, 6.07) is 24.8. The molecule has 0 unspecified atom stereocenters. The molecule has 0 amide bonds. The predicted octanol–water partition coefficient (Wildman–Crippen LogP) is 4.59. The van der Waals surface area contributed by atoms with Gasteiger partial charge in [0.25, 0.3) is 0 Å². The molecule has 0 fully saturated rings. The highest BCUT2D eigenvalue weighted by Gasteiger charge is 2.09. The average Bonchev–Trinajstić information content (AvgIpc) is 2.62. The van der Waals surface area contributed by atoms with Crippen LogP contribution in [0.5, 0.6) is 5.75 Å². The Morgan fingerprint density at radius 1 is 0.727 bits per heavy atom. The number of benzene rings is 3. The molecule has 3 rings (SSSR count). The van der Waals surface area contributed by atoms with Crippen LogP contribution in [0, 0.1) is 0 Å². The van der Waals surface area contributed by atoms with E-state index in [-0.39, 0.29) is 5.78 Å². The predicted molar refractivity (Wildman–Crippen MR) is 88.3 cm³/mol. The van der Waals surface area contributed by atoms with Crippen molar-refractivity contribution in [3.05, 3.63) is 90.0 Å². The van der Waals surface area contributed by atoms with Crippen LogP contribution in [0.15, 0.2) is 78.9 Å². The minimum atomic E-state index is 0.0344. The summed E-state index contributed by atoms with van der Waals surface area (Å²) in [5.74, 6) is 0.858. The van der Waals surface area contributed by atoms with E-state index in [4.69, 9.17) is 4.74 Å². The third-order valence-corrected chi connectivity index (χ3v) is 3.60. The Kier molecular flexibility index (Phi) is 4.01. The first-order valence-corrected chi connectivity index (χ1v) is 7.13. The van der Waals surface area contributed by atoms with Crippen LogP contribution in [0.1, 0.15) is 15.9 Å². The highest BCUT2D eigenvalue weighted by atomic mass is 16.5. The van der Waals surface area contributed by atoms with E-state index in [1.54, 1.807) is 7.11 Å². The summed E-state index contributed by atoms with van der Waals surface area (Å²) in [6.07, 6.45) is 0. The van der Waals surface area contributed by atoms with E-state index < -0.39 is 0 Å². The molecule has 0 aromatic heterocycles. The smallest absolute Gasteiger partial charge is 0.193 e. The van der Waals surface area contributed by atoms with Crippen LogP contribution in [0.4, 0.5) is 0 Å². The van der Waals surface area contributed by atoms with Crippen LogP contribution in [0.2, 0.25) is 0 Å². The molecule has 0 aliphatic rings. The van der Waals surface area contributed by atoms with Crippen LogP contribution in [0.3, 0.4) is 0 Å². The van der Waals surface area contributed by atoms with Gasteiger partial charge in [-0.2, -0.15) is 0 Å². The molecule has 108 valence electrons. The van der Waals surface area contributed by atoms with Gasteiger partial charge in [-0.3, -0.25) is 4.79 Å². The Morgan fingerprint density at radius 3 is 2.00 bits per heavy atom. The molecule has 22 heavy (non-hydrogen) atoms. The molecule has 3 aromatic carbocycles. The molecule has 0 bridgehead atoms. The fourth-order valence-corrected chi connectivity index (χ4v) is 2.44. The number of ketones is 1. The van der Waals surface area contributed by atoms with Crippen molar-refractivity contribution in [2.45, 2.75) is 0 Å². The monoisotopic (exact) mass is 288 g/mol. The number of hydrogen-bond acceptors (Lipinski definition) is 2. The van der Waals surface area contributed by atoms with Crippen molar-refractivity contribution in [1.29, 1.82) is 0 Å². The number of ether oxygens (including phenoxy) is 1. The van der Waals surface area contributed by atoms with Gasteiger partial charge in [0.15, 0.2) is 5.78 Å². The summed E-state index contributed by atoms with van der Waals surface area (Å²) in [5.41, 5.74) is 3.43. The van der Waals surface area contributed by atoms with E-state index in [0.717, 1.165) is 16.9 Å². The molecule has 3 aromatic rings. The lowest BCUT2D eigenvalue weighted by molar-refractivity contribution is 0.103. The highest BCUT2D eigenvalue weighted by Crippen LogP contribution is 2.29. The van der Waals surface area contributed by atoms with Crippen LogP contribution < -0.4 is 4.74 Å². The molecule has 0 heterocycles. The standard InChI is InChI=1S/C20H16O2/c1-22-19-10-6-5-9-18(19)15-11-13-17(14-12-15)20(21)16-7-3-2-4-8-16/h2-14H,1H3. The second kappa shape index (κ2) is 6.27. The molecular formula is C20H16O2. The molecule has 0 aliphatic carbocycles. The van der Waals surface area contributed by atoms with Crippen molar-refractivity contribution in [2.75, 3.05) is 7.11 Å². The van der Waals surface area contributed by atoms with Gasteiger partial charge >= 0.3 is 0 Å². The summed E-state index contributed by atoms with van der Waals surface area (Å²) in [5, 5.41) is 0. The van der Waals surface area contributed by atoms with Gasteiger partial charge in [0, 0.05) is 16.7 Å². The molecule has 0 saturated carbocycles. The SMILES string of the molecule is COc1ccccc1-c1ccc(C(=O)c2ccccc2)cc1. The number of carbonyl (C=O) groups excluding carboxylic acids is 1. The number of rotatable bonds is 4. The van der Waals surface area contributed by atoms with Crippen molar-refractivity contribution < 1.29 is 9.53 Å². The zero-order valence-corrected chi connectivity index (χ0v) is 12.3. The second-order valence-corrected chi connectivity index (χ2v) is 4.97. The molecule has 2 heteroatoms. The average molecular weight is 288 g/mol. The first-order chi connectivity index (χ1) is 10.8. The van der Waals surface area contributed by atoms with E-state index >= 15 is 0 Å². The van der Waals surface area contributed by atoms with Crippen molar-refractivity contribution in [1.82, 2.24) is 0 Å². The third-order valence-electron chi connectivity index (χ3n) is 3.60. The minimum absolute atomic E-state index is 0.0344. The Labute approximate surface area is 130 Å². The Balaban J connectivity index is 1.92. The van der Waals surface area contributed by atoms with Gasteiger partial charge in [0.05, 0.1) is 7.11 Å². The minimum Gasteiger partial charge on any atom is -0.496 e. The number of methoxy groups -OCH3 is 1. The van der Waals surface area contributed by atoms with Crippen molar-refractivity contribution in [3.63, 3.8) is 0 Å². The fourth-order valence-electron chi connectivity index (χ4n) is 2.44. The highest BCUT2D eigenvalue weighted by molar-refractivity contribution is 6.09. The maximum atomic E-state index is 12.4. The maximum absolute atomic E-state index is 12.4. The Hall–Kier alpha value is -2.87. The van der Waals surface area contributed by atoms with E-state index in [2.05, 4.69) is 0 Å². The molecule has 0 N–H and O–H groups in total. The summed E-state index contributed by atoms with van der Waals surface area (Å²) < 4.78 is 5.38. The van der Waals surface area contributed by atoms with Crippen LogP contribution >= 0.6 is 0 Å². The van der Waals surface area contributed by atoms with E-state index in [9.17, 15) is 4.79 Å². The van der Waals surface area contributed by atoms with Crippen molar-refractivity contribution in [2.24, 2.45) is 0 Å². The normalized spacial score (nSPS) is 10.2. The molecule has 2 nitrogen and oxygen atoms in total. The fraction of sp³-hybridized carbons (Fsp3) is 0.0500. The molecule has 0 atom stereocenters. The topological polar surface area (TPSA) is 26.3 Å². The zero-order valence-electron chi connectivity index (χ0n) is 12.3. The Bertz CT molecular complexity index is 774. The molecule has 0 radical (unpaired) electrons. The van der Waals surface area contributed by atoms with Crippen LogP contribution in [-0.4, -0.2) is 12.9 Å². The second-order valence-electron chi connectivity index (χ2n) is 4.97. The first kappa shape index (κ1) is 14.1. The van der Waals surface area contributed by atoms with Gasteiger partial charge in [-0.05, 0) is 11.6 Å². The number of para-hydroxylation sites is 1. The zero-order chi connectivity index (χ0) is 15.4. The summed E-state index contributed by atoms with van der Waals surface area (Å²) in [6.45, 7) is 0. The summed E-state index contributed by atoms with van der Waals surface area (Å²) >= 11 is 0. The molecular weight excluding hydrogens is 272 g/mol. The third kappa shape index (κ3) is 2.77. The van der Waals surface area contributed by atoms with Gasteiger partial charge < -0.3 is 4.74 Å². The quantitative estimate of drug-likeness (QED) is 0.656. The molecule has 0 spiro atoms. The van der Waals surface area contributed by atoms with Gasteiger partial charge in [0.2, 0.25) is 0 Å². The molecule has 0 saturated heterocycles. The van der Waals surface area contributed by atoms with Gasteiger partial charge in [-0.15, -0.1) is 0 Å². The largest absolute Gasteiger partial charge is 0.496 e. The summed E-state index contributed by atoms with van der Waals surface area (Å²) in [4.78, 5) is 12.4. The van der Waals surface area contributed by atoms with Gasteiger partial charge in [-0.1, -0.05) is 72.8 Å². The van der Waals surface area contributed by atoms with E-state index in [1.165, 1.54) is 0 Å². The van der Waals surface area contributed by atoms with E-state index in [1.807, 2.05) is 78.9 Å². The van der Waals surface area contributed by atoms with Crippen molar-refractivity contribution in [3.8, 4) is 16.9 Å².